The Morgan fingerprint density at radius 1 is 1.27 bits per heavy atom. The molecular formula is C15H11N3O2S2. The van der Waals surface area contributed by atoms with E-state index in [1.807, 2.05) is 41.1 Å². The van der Waals surface area contributed by atoms with Crippen molar-refractivity contribution >= 4 is 34.7 Å². The van der Waals surface area contributed by atoms with Crippen molar-refractivity contribution < 1.29 is 9.32 Å². The van der Waals surface area contributed by atoms with E-state index in [1.165, 1.54) is 11.8 Å². The summed E-state index contributed by atoms with van der Waals surface area (Å²) in [4.78, 5) is 17.6. The highest BCUT2D eigenvalue weighted by Gasteiger charge is 2.28. The summed E-state index contributed by atoms with van der Waals surface area (Å²) >= 11 is 3.11. The number of nitrogens with zero attached hydrogens (tertiary/aromatic N) is 2. The lowest BCUT2D eigenvalue weighted by atomic mass is 10.2. The highest BCUT2D eigenvalue weighted by Crippen LogP contribution is 2.36. The number of hydrogen-bond acceptors (Lipinski definition) is 6. The molecule has 0 aliphatic carbocycles. The summed E-state index contributed by atoms with van der Waals surface area (Å²) in [6.45, 7) is 0. The Morgan fingerprint density at radius 3 is 3.05 bits per heavy atom. The van der Waals surface area contributed by atoms with Gasteiger partial charge in [-0.2, -0.15) is 16.3 Å². The average molecular weight is 329 g/mol. The molecular weight excluding hydrogens is 318 g/mol. The van der Waals surface area contributed by atoms with Crippen molar-refractivity contribution in [2.45, 2.75) is 16.6 Å². The molecule has 1 amide bonds. The first-order valence-corrected chi connectivity index (χ1v) is 8.53. The van der Waals surface area contributed by atoms with Gasteiger partial charge < -0.3 is 9.84 Å². The van der Waals surface area contributed by atoms with E-state index in [-0.39, 0.29) is 11.2 Å². The number of amides is 1. The van der Waals surface area contributed by atoms with Crippen LogP contribution in [-0.4, -0.2) is 21.3 Å². The number of carbonyl (C=O) groups is 1. The normalized spacial score (nSPS) is 17.1. The summed E-state index contributed by atoms with van der Waals surface area (Å²) in [6.07, 6.45) is 0.419. The van der Waals surface area contributed by atoms with Crippen LogP contribution in [0, 0.1) is 0 Å². The average Bonchev–Trinajstić information content (AvgIpc) is 3.18. The Morgan fingerprint density at radius 2 is 2.18 bits per heavy atom. The Labute approximate surface area is 134 Å². The minimum Gasteiger partial charge on any atom is -0.339 e. The monoisotopic (exact) mass is 329 g/mol. The molecule has 0 fully saturated rings. The van der Waals surface area contributed by atoms with Crippen LogP contribution in [0.3, 0.4) is 0 Å². The number of para-hydroxylation sites is 1. The molecule has 1 atom stereocenters. The summed E-state index contributed by atoms with van der Waals surface area (Å²) < 4.78 is 5.28. The van der Waals surface area contributed by atoms with Crippen LogP contribution in [0.15, 0.2) is 50.5 Å². The summed E-state index contributed by atoms with van der Waals surface area (Å²) in [5.74, 6) is 1.02. The fourth-order valence-corrected chi connectivity index (χ4v) is 3.97. The quantitative estimate of drug-likeness (QED) is 0.797. The van der Waals surface area contributed by atoms with Crippen molar-refractivity contribution in [2.24, 2.45) is 0 Å². The lowest BCUT2D eigenvalue weighted by molar-refractivity contribution is -0.115. The maximum Gasteiger partial charge on any atom is 0.238 e. The van der Waals surface area contributed by atoms with E-state index in [4.69, 9.17) is 4.52 Å². The molecule has 0 bridgehead atoms. The minimum atomic E-state index is -0.259. The van der Waals surface area contributed by atoms with Crippen molar-refractivity contribution in [3.63, 3.8) is 0 Å². The number of nitrogens with one attached hydrogen (secondary N) is 1. The zero-order valence-corrected chi connectivity index (χ0v) is 13.0. The van der Waals surface area contributed by atoms with E-state index in [9.17, 15) is 4.79 Å². The van der Waals surface area contributed by atoms with Crippen molar-refractivity contribution in [1.29, 1.82) is 0 Å². The zero-order chi connectivity index (χ0) is 14.9. The highest BCUT2D eigenvalue weighted by molar-refractivity contribution is 8.01. The molecule has 0 spiro atoms. The first-order valence-electron chi connectivity index (χ1n) is 6.71. The van der Waals surface area contributed by atoms with Crippen LogP contribution in [0.25, 0.3) is 11.4 Å². The molecule has 1 aliphatic rings. The maximum atomic E-state index is 12.2. The number of aromatic nitrogens is 2. The number of rotatable bonds is 3. The summed E-state index contributed by atoms with van der Waals surface area (Å²) in [6, 6.07) is 9.71. The third-order valence-electron chi connectivity index (χ3n) is 3.31. The van der Waals surface area contributed by atoms with Gasteiger partial charge in [-0.05, 0) is 23.6 Å². The second kappa shape index (κ2) is 5.58. The first kappa shape index (κ1) is 13.5. The second-order valence-corrected chi connectivity index (χ2v) is 6.84. The van der Waals surface area contributed by atoms with Crippen LogP contribution in [0.2, 0.25) is 0 Å². The van der Waals surface area contributed by atoms with E-state index >= 15 is 0 Å². The topological polar surface area (TPSA) is 68.0 Å². The van der Waals surface area contributed by atoms with Gasteiger partial charge in [-0.25, -0.2) is 0 Å². The highest BCUT2D eigenvalue weighted by atomic mass is 32.2. The van der Waals surface area contributed by atoms with Gasteiger partial charge in [-0.1, -0.05) is 17.3 Å². The number of thiophene rings is 1. The van der Waals surface area contributed by atoms with Crippen LogP contribution in [0.1, 0.15) is 5.89 Å². The molecule has 1 aromatic carbocycles. The van der Waals surface area contributed by atoms with E-state index in [2.05, 4.69) is 15.5 Å². The standard InChI is InChI=1S/C15H11N3O2S2/c19-15-12(22-11-4-2-1-3-10(11)16-15)7-13-17-14(18-20-13)9-5-6-21-8-9/h1-6,8,12H,7H2,(H,16,19)/t12-/m1/s1. The molecule has 3 heterocycles. The van der Waals surface area contributed by atoms with Crippen LogP contribution in [0.5, 0.6) is 0 Å². The van der Waals surface area contributed by atoms with Gasteiger partial charge >= 0.3 is 0 Å². The summed E-state index contributed by atoms with van der Waals surface area (Å²) in [5, 5.41) is 10.6. The molecule has 4 rings (SSSR count). The molecule has 0 saturated carbocycles. The molecule has 110 valence electrons. The number of carbonyl (C=O) groups excluding carboxylic acids is 1. The summed E-state index contributed by atoms with van der Waals surface area (Å²) in [7, 11) is 0. The van der Waals surface area contributed by atoms with Gasteiger partial charge in [0.25, 0.3) is 0 Å². The predicted octanol–water partition coefficient (Wildman–Crippen LogP) is 3.45. The maximum absolute atomic E-state index is 12.2. The largest absolute Gasteiger partial charge is 0.339 e. The van der Waals surface area contributed by atoms with E-state index in [0.29, 0.717) is 18.1 Å². The van der Waals surface area contributed by atoms with Gasteiger partial charge in [0.05, 0.1) is 10.9 Å². The van der Waals surface area contributed by atoms with E-state index in [0.717, 1.165) is 16.1 Å². The molecule has 0 radical (unpaired) electrons. The lowest BCUT2D eigenvalue weighted by Gasteiger charge is -2.22. The molecule has 3 aromatic rings. The predicted molar refractivity (Wildman–Crippen MR) is 86.0 cm³/mol. The fraction of sp³-hybridized carbons (Fsp3) is 0.133. The van der Waals surface area contributed by atoms with Crippen molar-refractivity contribution in [3.8, 4) is 11.4 Å². The van der Waals surface area contributed by atoms with Crippen LogP contribution >= 0.6 is 23.1 Å². The molecule has 1 N–H and O–H groups in total. The van der Waals surface area contributed by atoms with E-state index in [1.54, 1.807) is 11.3 Å². The van der Waals surface area contributed by atoms with Crippen molar-refractivity contribution in [2.75, 3.05) is 5.32 Å². The Balaban J connectivity index is 1.53. The minimum absolute atomic E-state index is 0.0287. The number of thioether (sulfide) groups is 1. The Kier molecular flexibility index (Phi) is 3.44. The number of anilines is 1. The molecule has 0 unspecified atom stereocenters. The van der Waals surface area contributed by atoms with Crippen LogP contribution < -0.4 is 5.32 Å². The first-order chi connectivity index (χ1) is 10.8. The summed E-state index contributed by atoms with van der Waals surface area (Å²) in [5.41, 5.74) is 1.80. The molecule has 1 aliphatic heterocycles. The smallest absolute Gasteiger partial charge is 0.238 e. The Hall–Kier alpha value is -2.12. The van der Waals surface area contributed by atoms with Crippen molar-refractivity contribution in [1.82, 2.24) is 10.1 Å². The number of benzene rings is 1. The second-order valence-electron chi connectivity index (χ2n) is 4.82. The fourth-order valence-electron chi connectivity index (χ4n) is 2.23. The number of fused-ring (bicyclic) bond motifs is 1. The molecule has 7 heteroatoms. The van der Waals surface area contributed by atoms with Gasteiger partial charge in [0, 0.05) is 22.3 Å². The van der Waals surface area contributed by atoms with E-state index < -0.39 is 0 Å². The third-order valence-corrected chi connectivity index (χ3v) is 5.27. The van der Waals surface area contributed by atoms with Crippen molar-refractivity contribution in [3.05, 3.63) is 47.0 Å². The molecule has 0 saturated heterocycles. The zero-order valence-electron chi connectivity index (χ0n) is 11.4. The van der Waals surface area contributed by atoms with Crippen LogP contribution in [0.4, 0.5) is 5.69 Å². The van der Waals surface area contributed by atoms with Gasteiger partial charge in [-0.15, -0.1) is 11.8 Å². The molecule has 22 heavy (non-hydrogen) atoms. The number of hydrogen-bond donors (Lipinski definition) is 1. The SMILES string of the molecule is O=C1Nc2ccccc2S[C@@H]1Cc1nc(-c2ccsc2)no1. The Bertz CT molecular complexity index is 814. The molecule has 2 aromatic heterocycles. The van der Waals surface area contributed by atoms with Gasteiger partial charge in [0.1, 0.15) is 0 Å². The van der Waals surface area contributed by atoms with Gasteiger partial charge in [-0.3, -0.25) is 4.79 Å². The molecule has 5 nitrogen and oxygen atoms in total. The van der Waals surface area contributed by atoms with Gasteiger partial charge in [0.2, 0.25) is 17.6 Å². The van der Waals surface area contributed by atoms with Crippen LogP contribution in [-0.2, 0) is 11.2 Å². The third kappa shape index (κ3) is 2.53. The van der Waals surface area contributed by atoms with Gasteiger partial charge in [0.15, 0.2) is 0 Å². The lowest BCUT2D eigenvalue weighted by Crippen LogP contribution is -2.30.